The SMILES string of the molecule is CCCNC(=O)CN(C)C(=O)N(C)CC(C)C(=O)O. The van der Waals surface area contributed by atoms with E-state index in [1.807, 2.05) is 6.92 Å². The van der Waals surface area contributed by atoms with Crippen LogP contribution >= 0.6 is 0 Å². The van der Waals surface area contributed by atoms with E-state index in [0.29, 0.717) is 6.54 Å². The van der Waals surface area contributed by atoms with Gasteiger partial charge in [0.25, 0.3) is 0 Å². The van der Waals surface area contributed by atoms with E-state index in [1.165, 1.54) is 30.8 Å². The van der Waals surface area contributed by atoms with Crippen molar-refractivity contribution >= 4 is 17.9 Å². The Morgan fingerprint density at radius 1 is 1.21 bits per heavy atom. The Morgan fingerprint density at radius 2 is 1.79 bits per heavy atom. The van der Waals surface area contributed by atoms with E-state index >= 15 is 0 Å². The van der Waals surface area contributed by atoms with Crippen LogP contribution in [0.5, 0.6) is 0 Å². The minimum absolute atomic E-state index is 0.0371. The minimum atomic E-state index is -0.956. The second kappa shape index (κ2) is 8.34. The summed E-state index contributed by atoms with van der Waals surface area (Å²) in [5.74, 6) is -1.82. The second-order valence-electron chi connectivity index (χ2n) is 4.61. The molecule has 2 N–H and O–H groups in total. The summed E-state index contributed by atoms with van der Waals surface area (Å²) in [6, 6.07) is -0.375. The number of rotatable bonds is 7. The molecule has 1 atom stereocenters. The van der Waals surface area contributed by atoms with Crippen LogP contribution in [0.15, 0.2) is 0 Å². The number of likely N-dealkylation sites (N-methyl/N-ethyl adjacent to an activating group) is 1. The molecule has 19 heavy (non-hydrogen) atoms. The topological polar surface area (TPSA) is 90.0 Å². The van der Waals surface area contributed by atoms with Gasteiger partial charge in [0, 0.05) is 27.2 Å². The number of hydrogen-bond donors (Lipinski definition) is 2. The Labute approximate surface area is 113 Å². The number of nitrogens with zero attached hydrogens (tertiary/aromatic N) is 2. The third-order valence-corrected chi connectivity index (χ3v) is 2.58. The normalized spacial score (nSPS) is 11.6. The summed E-state index contributed by atoms with van der Waals surface area (Å²) in [7, 11) is 3.03. The quantitative estimate of drug-likeness (QED) is 0.694. The molecule has 1 unspecified atom stereocenters. The average molecular weight is 273 g/mol. The van der Waals surface area contributed by atoms with E-state index in [4.69, 9.17) is 5.11 Å². The zero-order chi connectivity index (χ0) is 15.0. The molecule has 0 spiro atoms. The van der Waals surface area contributed by atoms with E-state index in [-0.39, 0.29) is 25.0 Å². The van der Waals surface area contributed by atoms with E-state index < -0.39 is 11.9 Å². The van der Waals surface area contributed by atoms with Crippen molar-refractivity contribution < 1.29 is 19.5 Å². The predicted octanol–water partition coefficient (Wildman–Crippen LogP) is 0.217. The number of aliphatic carboxylic acids is 1. The maximum Gasteiger partial charge on any atom is 0.319 e. The fourth-order valence-electron chi connectivity index (χ4n) is 1.46. The van der Waals surface area contributed by atoms with Crippen LogP contribution < -0.4 is 5.32 Å². The van der Waals surface area contributed by atoms with Gasteiger partial charge in [0.15, 0.2) is 0 Å². The molecular formula is C12H23N3O4. The zero-order valence-corrected chi connectivity index (χ0v) is 12.0. The number of urea groups is 1. The zero-order valence-electron chi connectivity index (χ0n) is 12.0. The van der Waals surface area contributed by atoms with Gasteiger partial charge in [-0.2, -0.15) is 0 Å². The molecule has 0 aliphatic rings. The summed E-state index contributed by atoms with van der Waals surface area (Å²) in [6.07, 6.45) is 0.833. The monoisotopic (exact) mass is 273 g/mol. The van der Waals surface area contributed by atoms with Gasteiger partial charge in [-0.15, -0.1) is 0 Å². The predicted molar refractivity (Wildman–Crippen MR) is 70.8 cm³/mol. The lowest BCUT2D eigenvalue weighted by Crippen LogP contribution is -2.45. The van der Waals surface area contributed by atoms with Crippen LogP contribution in [0.3, 0.4) is 0 Å². The molecule has 0 bridgehead atoms. The summed E-state index contributed by atoms with van der Waals surface area (Å²) in [4.78, 5) is 36.6. The lowest BCUT2D eigenvalue weighted by atomic mass is 10.2. The fraction of sp³-hybridized carbons (Fsp3) is 0.750. The average Bonchev–Trinajstić information content (AvgIpc) is 2.34. The maximum atomic E-state index is 11.9. The van der Waals surface area contributed by atoms with Crippen molar-refractivity contribution in [1.82, 2.24) is 15.1 Å². The molecule has 0 saturated heterocycles. The molecule has 0 heterocycles. The van der Waals surface area contributed by atoms with Crippen LogP contribution in [0.2, 0.25) is 0 Å². The number of carbonyl (C=O) groups is 3. The second-order valence-corrected chi connectivity index (χ2v) is 4.61. The van der Waals surface area contributed by atoms with Crippen LogP contribution in [0, 0.1) is 5.92 Å². The van der Waals surface area contributed by atoms with E-state index in [0.717, 1.165) is 6.42 Å². The van der Waals surface area contributed by atoms with Gasteiger partial charge in [0.1, 0.15) is 6.54 Å². The first-order chi connectivity index (χ1) is 8.79. The molecule has 0 aromatic heterocycles. The summed E-state index contributed by atoms with van der Waals surface area (Å²) < 4.78 is 0. The van der Waals surface area contributed by atoms with Crippen LogP contribution in [0.4, 0.5) is 4.79 Å². The van der Waals surface area contributed by atoms with Crippen molar-refractivity contribution in [3.05, 3.63) is 0 Å². The number of carboxylic acids is 1. The Morgan fingerprint density at radius 3 is 2.26 bits per heavy atom. The van der Waals surface area contributed by atoms with Crippen LogP contribution in [0.25, 0.3) is 0 Å². The van der Waals surface area contributed by atoms with Gasteiger partial charge >= 0.3 is 12.0 Å². The smallest absolute Gasteiger partial charge is 0.319 e. The van der Waals surface area contributed by atoms with Crippen LogP contribution in [0.1, 0.15) is 20.3 Å². The standard InChI is InChI=1S/C12H23N3O4/c1-5-6-13-10(16)8-15(4)12(19)14(3)7-9(2)11(17)18/h9H,5-8H2,1-4H3,(H,13,16)(H,17,18). The van der Waals surface area contributed by atoms with E-state index in [1.54, 1.807) is 0 Å². The van der Waals surface area contributed by atoms with Crippen molar-refractivity contribution in [2.24, 2.45) is 5.92 Å². The third kappa shape index (κ3) is 6.64. The molecule has 0 aromatic carbocycles. The van der Waals surface area contributed by atoms with Gasteiger partial charge in [-0.25, -0.2) is 4.79 Å². The van der Waals surface area contributed by atoms with Gasteiger partial charge in [-0.3, -0.25) is 9.59 Å². The van der Waals surface area contributed by atoms with Crippen molar-refractivity contribution in [3.63, 3.8) is 0 Å². The van der Waals surface area contributed by atoms with Gasteiger partial charge < -0.3 is 20.2 Å². The van der Waals surface area contributed by atoms with E-state index in [2.05, 4.69) is 5.32 Å². The summed E-state index contributed by atoms with van der Waals surface area (Å²) >= 11 is 0. The van der Waals surface area contributed by atoms with Crippen molar-refractivity contribution in [1.29, 1.82) is 0 Å². The molecule has 7 heteroatoms. The van der Waals surface area contributed by atoms with Gasteiger partial charge in [-0.05, 0) is 6.42 Å². The van der Waals surface area contributed by atoms with Gasteiger partial charge in [-0.1, -0.05) is 13.8 Å². The lowest BCUT2D eigenvalue weighted by Gasteiger charge is -2.25. The number of nitrogens with one attached hydrogen (secondary N) is 1. The molecule has 0 radical (unpaired) electrons. The van der Waals surface area contributed by atoms with Crippen LogP contribution in [-0.4, -0.2) is 66.5 Å². The highest BCUT2D eigenvalue weighted by atomic mass is 16.4. The van der Waals surface area contributed by atoms with Crippen molar-refractivity contribution in [2.45, 2.75) is 20.3 Å². The van der Waals surface area contributed by atoms with Gasteiger partial charge in [0.2, 0.25) is 5.91 Å². The number of carboxylic acid groups (broad SMARTS) is 1. The summed E-state index contributed by atoms with van der Waals surface area (Å²) in [5.41, 5.74) is 0. The molecule has 0 aliphatic carbocycles. The van der Waals surface area contributed by atoms with Crippen molar-refractivity contribution in [3.8, 4) is 0 Å². The molecular weight excluding hydrogens is 250 g/mol. The maximum absolute atomic E-state index is 11.9. The third-order valence-electron chi connectivity index (χ3n) is 2.58. The Balaban J connectivity index is 4.24. The molecule has 7 nitrogen and oxygen atoms in total. The summed E-state index contributed by atoms with van der Waals surface area (Å²) in [5, 5.41) is 11.4. The lowest BCUT2D eigenvalue weighted by molar-refractivity contribution is -0.141. The molecule has 110 valence electrons. The first-order valence-corrected chi connectivity index (χ1v) is 6.25. The van der Waals surface area contributed by atoms with E-state index in [9.17, 15) is 14.4 Å². The Kier molecular flexibility index (Phi) is 7.55. The van der Waals surface area contributed by atoms with Crippen LogP contribution in [-0.2, 0) is 9.59 Å². The number of amides is 3. The minimum Gasteiger partial charge on any atom is -0.481 e. The molecule has 0 aromatic rings. The molecule has 0 rings (SSSR count). The van der Waals surface area contributed by atoms with Gasteiger partial charge in [0.05, 0.1) is 5.92 Å². The fourth-order valence-corrected chi connectivity index (χ4v) is 1.46. The molecule has 0 aliphatic heterocycles. The highest BCUT2D eigenvalue weighted by Crippen LogP contribution is 2.01. The first-order valence-electron chi connectivity index (χ1n) is 6.25. The Hall–Kier alpha value is -1.79. The highest BCUT2D eigenvalue weighted by Gasteiger charge is 2.21. The largest absolute Gasteiger partial charge is 0.481 e. The molecule has 3 amide bonds. The summed E-state index contributed by atoms with van der Waals surface area (Å²) in [6.45, 7) is 4.11. The van der Waals surface area contributed by atoms with Crippen molar-refractivity contribution in [2.75, 3.05) is 33.7 Å². The first kappa shape index (κ1) is 17.2. The number of hydrogen-bond acceptors (Lipinski definition) is 3. The molecule has 0 saturated carbocycles. The number of carbonyl (C=O) groups excluding carboxylic acids is 2. The highest BCUT2D eigenvalue weighted by molar-refractivity contribution is 5.84. The Bertz CT molecular complexity index is 333. The molecule has 0 fully saturated rings.